The molecule has 0 bridgehead atoms. The first-order chi connectivity index (χ1) is 22.7. The minimum atomic E-state index is 0.0272. The first-order valence-corrected chi connectivity index (χ1v) is 21.5. The van der Waals surface area contributed by atoms with Gasteiger partial charge in [-0.3, -0.25) is 4.79 Å². The summed E-state index contributed by atoms with van der Waals surface area (Å²) in [5.74, 6) is 0.886. The summed E-state index contributed by atoms with van der Waals surface area (Å²) in [7, 11) is 0. The summed E-state index contributed by atoms with van der Waals surface area (Å²) in [4.78, 5) is 12.0. The molecule has 1 unspecified atom stereocenters. The van der Waals surface area contributed by atoms with Gasteiger partial charge in [0.1, 0.15) is 0 Å². The van der Waals surface area contributed by atoms with Gasteiger partial charge in [0.25, 0.3) is 0 Å². The van der Waals surface area contributed by atoms with Crippen LogP contribution in [0.3, 0.4) is 0 Å². The van der Waals surface area contributed by atoms with Crippen LogP contribution in [0.1, 0.15) is 252 Å². The SMILES string of the molecule is CCCCCCCCCCCCCCCCCCCOC(=O)CCCCCCCCCCCCCC=CCC(C)CCCCCC. The third kappa shape index (κ3) is 39.4. The molecule has 2 heteroatoms. The lowest BCUT2D eigenvalue weighted by molar-refractivity contribution is -0.143. The lowest BCUT2D eigenvalue weighted by atomic mass is 9.99. The highest BCUT2D eigenvalue weighted by Gasteiger charge is 2.03. The molecular formula is C44H86O2. The topological polar surface area (TPSA) is 26.3 Å². The zero-order valence-corrected chi connectivity index (χ0v) is 32.2. The summed E-state index contributed by atoms with van der Waals surface area (Å²) >= 11 is 0. The summed E-state index contributed by atoms with van der Waals surface area (Å²) in [6.07, 6.45) is 53.0. The fraction of sp³-hybridized carbons (Fsp3) is 0.932. The van der Waals surface area contributed by atoms with E-state index in [4.69, 9.17) is 4.74 Å². The number of unbranched alkanes of at least 4 members (excludes halogenated alkanes) is 30. The van der Waals surface area contributed by atoms with Gasteiger partial charge in [-0.1, -0.05) is 226 Å². The van der Waals surface area contributed by atoms with Crippen LogP contribution in [-0.2, 0) is 9.53 Å². The summed E-state index contributed by atoms with van der Waals surface area (Å²) in [6.45, 7) is 7.63. The molecule has 0 N–H and O–H groups in total. The van der Waals surface area contributed by atoms with Crippen LogP contribution in [-0.4, -0.2) is 12.6 Å². The van der Waals surface area contributed by atoms with Gasteiger partial charge in [-0.05, 0) is 38.0 Å². The van der Waals surface area contributed by atoms with Crippen LogP contribution in [0.15, 0.2) is 12.2 Å². The second-order valence-corrected chi connectivity index (χ2v) is 15.0. The van der Waals surface area contributed by atoms with Crippen molar-refractivity contribution in [3.63, 3.8) is 0 Å². The molecule has 274 valence electrons. The molecule has 0 amide bonds. The van der Waals surface area contributed by atoms with E-state index >= 15 is 0 Å². The maximum absolute atomic E-state index is 12.0. The fourth-order valence-corrected chi connectivity index (χ4v) is 6.69. The molecule has 0 spiro atoms. The number of ether oxygens (including phenoxy) is 1. The van der Waals surface area contributed by atoms with Gasteiger partial charge < -0.3 is 4.74 Å². The quantitative estimate of drug-likeness (QED) is 0.0377. The van der Waals surface area contributed by atoms with E-state index in [-0.39, 0.29) is 5.97 Å². The molecule has 0 aromatic rings. The van der Waals surface area contributed by atoms with E-state index in [1.54, 1.807) is 0 Å². The molecule has 0 heterocycles. The third-order valence-electron chi connectivity index (χ3n) is 10.0. The minimum Gasteiger partial charge on any atom is -0.466 e. The van der Waals surface area contributed by atoms with Gasteiger partial charge in [-0.25, -0.2) is 0 Å². The zero-order valence-electron chi connectivity index (χ0n) is 32.2. The van der Waals surface area contributed by atoms with Crippen LogP contribution in [0.2, 0.25) is 0 Å². The average molecular weight is 647 g/mol. The summed E-state index contributed by atoms with van der Waals surface area (Å²) in [5, 5.41) is 0. The Bertz CT molecular complexity index is 597. The van der Waals surface area contributed by atoms with E-state index in [1.807, 2.05) is 0 Å². The van der Waals surface area contributed by atoms with Gasteiger partial charge in [0, 0.05) is 6.42 Å². The molecule has 0 saturated heterocycles. The van der Waals surface area contributed by atoms with E-state index in [9.17, 15) is 4.79 Å². The summed E-state index contributed by atoms with van der Waals surface area (Å²) in [6, 6.07) is 0. The van der Waals surface area contributed by atoms with Crippen LogP contribution < -0.4 is 0 Å². The lowest BCUT2D eigenvalue weighted by Crippen LogP contribution is -2.05. The third-order valence-corrected chi connectivity index (χ3v) is 10.0. The molecule has 46 heavy (non-hydrogen) atoms. The van der Waals surface area contributed by atoms with Crippen molar-refractivity contribution in [2.75, 3.05) is 6.61 Å². The lowest BCUT2D eigenvalue weighted by Gasteiger charge is -2.07. The number of esters is 1. The Labute approximate surface area is 291 Å². The Balaban J connectivity index is 3.21. The van der Waals surface area contributed by atoms with Gasteiger partial charge in [0.2, 0.25) is 0 Å². The van der Waals surface area contributed by atoms with Crippen LogP contribution in [0, 0.1) is 5.92 Å². The first-order valence-electron chi connectivity index (χ1n) is 21.5. The van der Waals surface area contributed by atoms with Gasteiger partial charge in [0.15, 0.2) is 0 Å². The smallest absolute Gasteiger partial charge is 0.305 e. The van der Waals surface area contributed by atoms with Crippen molar-refractivity contribution in [3.8, 4) is 0 Å². The maximum atomic E-state index is 12.0. The zero-order chi connectivity index (χ0) is 33.4. The predicted molar refractivity (Wildman–Crippen MR) is 207 cm³/mol. The summed E-state index contributed by atoms with van der Waals surface area (Å²) < 4.78 is 5.47. The average Bonchev–Trinajstić information content (AvgIpc) is 3.06. The Morgan fingerprint density at radius 3 is 1.28 bits per heavy atom. The molecule has 0 fully saturated rings. The minimum absolute atomic E-state index is 0.0272. The second-order valence-electron chi connectivity index (χ2n) is 15.0. The van der Waals surface area contributed by atoms with Crippen molar-refractivity contribution in [1.82, 2.24) is 0 Å². The van der Waals surface area contributed by atoms with E-state index in [0.717, 1.165) is 18.8 Å². The largest absolute Gasteiger partial charge is 0.466 e. The molecule has 2 nitrogen and oxygen atoms in total. The van der Waals surface area contributed by atoms with Crippen molar-refractivity contribution in [1.29, 1.82) is 0 Å². The molecule has 0 aliphatic rings. The van der Waals surface area contributed by atoms with Crippen LogP contribution in [0.4, 0.5) is 0 Å². The molecule has 0 aromatic carbocycles. The highest BCUT2D eigenvalue weighted by Crippen LogP contribution is 2.17. The molecule has 0 radical (unpaired) electrons. The summed E-state index contributed by atoms with van der Waals surface area (Å²) in [5.41, 5.74) is 0. The van der Waals surface area contributed by atoms with Gasteiger partial charge in [0.05, 0.1) is 6.61 Å². The molecular weight excluding hydrogens is 560 g/mol. The Hall–Kier alpha value is -0.790. The highest BCUT2D eigenvalue weighted by atomic mass is 16.5. The second kappa shape index (κ2) is 40.4. The van der Waals surface area contributed by atoms with Crippen molar-refractivity contribution < 1.29 is 9.53 Å². The Kier molecular flexibility index (Phi) is 39.7. The van der Waals surface area contributed by atoms with Crippen LogP contribution >= 0.6 is 0 Å². The molecule has 0 aromatic heterocycles. The van der Waals surface area contributed by atoms with Crippen molar-refractivity contribution in [3.05, 3.63) is 12.2 Å². The van der Waals surface area contributed by atoms with Gasteiger partial charge >= 0.3 is 5.97 Å². The Morgan fingerprint density at radius 1 is 0.457 bits per heavy atom. The molecule has 0 aliphatic carbocycles. The van der Waals surface area contributed by atoms with E-state index in [1.165, 1.54) is 212 Å². The molecule has 0 rings (SSSR count). The van der Waals surface area contributed by atoms with Crippen molar-refractivity contribution in [2.24, 2.45) is 5.92 Å². The number of hydrogen-bond donors (Lipinski definition) is 0. The van der Waals surface area contributed by atoms with Crippen LogP contribution in [0.5, 0.6) is 0 Å². The van der Waals surface area contributed by atoms with Gasteiger partial charge in [-0.15, -0.1) is 0 Å². The monoisotopic (exact) mass is 647 g/mol. The normalized spacial score (nSPS) is 12.3. The molecule has 0 saturated carbocycles. The van der Waals surface area contributed by atoms with E-state index in [2.05, 4.69) is 32.9 Å². The number of carbonyl (C=O) groups excluding carboxylic acids is 1. The maximum Gasteiger partial charge on any atom is 0.305 e. The fourth-order valence-electron chi connectivity index (χ4n) is 6.69. The standard InChI is InChI=1S/C44H86O2/c1-4-6-8-10-11-12-13-14-15-16-19-22-25-28-31-34-38-42-46-44(45)41-37-33-30-27-24-21-18-17-20-23-26-29-32-36-40-43(3)39-35-9-7-5-2/h32,36,43H,4-31,33-35,37-42H2,1-3H3. The highest BCUT2D eigenvalue weighted by molar-refractivity contribution is 5.69. The van der Waals surface area contributed by atoms with Gasteiger partial charge in [-0.2, -0.15) is 0 Å². The molecule has 0 aliphatic heterocycles. The number of rotatable bonds is 39. The van der Waals surface area contributed by atoms with Crippen molar-refractivity contribution >= 4 is 5.97 Å². The number of hydrogen-bond acceptors (Lipinski definition) is 2. The first kappa shape index (κ1) is 45.2. The van der Waals surface area contributed by atoms with Crippen molar-refractivity contribution in [2.45, 2.75) is 252 Å². The number of allylic oxidation sites excluding steroid dienone is 2. The molecule has 1 atom stereocenters. The van der Waals surface area contributed by atoms with Crippen LogP contribution in [0.25, 0.3) is 0 Å². The Morgan fingerprint density at radius 2 is 0.826 bits per heavy atom. The number of carbonyl (C=O) groups is 1. The predicted octanol–water partition coefficient (Wildman–Crippen LogP) is 15.8. The van der Waals surface area contributed by atoms with E-state index in [0.29, 0.717) is 13.0 Å². The van der Waals surface area contributed by atoms with E-state index < -0.39 is 0 Å².